The molecule has 2 N–H and O–H groups in total. The van der Waals surface area contributed by atoms with Crippen LogP contribution < -0.4 is 5.32 Å². The third-order valence-electron chi connectivity index (χ3n) is 3.94. The van der Waals surface area contributed by atoms with Crippen LogP contribution in [0.25, 0.3) is 0 Å². The van der Waals surface area contributed by atoms with Crippen LogP contribution in [0.5, 0.6) is 0 Å². The summed E-state index contributed by atoms with van der Waals surface area (Å²) in [6, 6.07) is 0. The van der Waals surface area contributed by atoms with Crippen LogP contribution in [-0.2, 0) is 23.1 Å². The maximum absolute atomic E-state index is 11.9. The minimum absolute atomic E-state index is 0.174. The lowest BCUT2D eigenvalue weighted by molar-refractivity contribution is -0.140. The van der Waals surface area contributed by atoms with Crippen molar-refractivity contribution in [3.63, 3.8) is 0 Å². The van der Waals surface area contributed by atoms with Crippen LogP contribution in [0, 0.1) is 17.3 Å². The molecule has 6 heteroatoms. The van der Waals surface area contributed by atoms with E-state index in [-0.39, 0.29) is 5.91 Å². The second-order valence-electron chi connectivity index (χ2n) is 5.61. The highest BCUT2D eigenvalue weighted by molar-refractivity contribution is 5.91. The van der Waals surface area contributed by atoms with Gasteiger partial charge < -0.3 is 15.0 Å². The Balaban J connectivity index is 1.83. The number of hydrogen-bond acceptors (Lipinski definition) is 3. The third kappa shape index (κ3) is 2.47. The second-order valence-corrected chi connectivity index (χ2v) is 5.61. The first-order chi connectivity index (χ1) is 8.85. The Morgan fingerprint density at radius 2 is 2.16 bits per heavy atom. The van der Waals surface area contributed by atoms with Gasteiger partial charge in [-0.3, -0.25) is 9.59 Å². The highest BCUT2D eigenvalue weighted by Crippen LogP contribution is 2.58. The quantitative estimate of drug-likeness (QED) is 0.809. The van der Waals surface area contributed by atoms with Crippen LogP contribution in [0.2, 0.25) is 0 Å². The summed E-state index contributed by atoms with van der Waals surface area (Å²) in [5.41, 5.74) is -0.445. The van der Waals surface area contributed by atoms with E-state index in [1.165, 1.54) is 0 Å². The number of carboxylic acid groups (broad SMARTS) is 1. The SMILES string of the molecule is Cn1ccnc1CCNC(=O)C1C(C(=O)O)C1(C)C. The van der Waals surface area contributed by atoms with E-state index in [2.05, 4.69) is 10.3 Å². The van der Waals surface area contributed by atoms with E-state index < -0.39 is 23.2 Å². The van der Waals surface area contributed by atoms with Crippen LogP contribution in [0.4, 0.5) is 0 Å². The maximum atomic E-state index is 11.9. The van der Waals surface area contributed by atoms with Gasteiger partial charge in [0, 0.05) is 32.4 Å². The van der Waals surface area contributed by atoms with Crippen molar-refractivity contribution in [3.8, 4) is 0 Å². The summed E-state index contributed by atoms with van der Waals surface area (Å²) in [5.74, 6) is -1.17. The van der Waals surface area contributed by atoms with Crippen LogP contribution >= 0.6 is 0 Å². The number of amides is 1. The zero-order chi connectivity index (χ0) is 14.2. The van der Waals surface area contributed by atoms with Crippen molar-refractivity contribution in [1.82, 2.24) is 14.9 Å². The number of aromatic nitrogens is 2. The topological polar surface area (TPSA) is 84.2 Å². The Kier molecular flexibility index (Phi) is 3.34. The van der Waals surface area contributed by atoms with Crippen molar-refractivity contribution in [3.05, 3.63) is 18.2 Å². The normalized spacial score (nSPS) is 23.9. The summed E-state index contributed by atoms with van der Waals surface area (Å²) in [6.45, 7) is 4.10. The van der Waals surface area contributed by atoms with Gasteiger partial charge in [-0.25, -0.2) is 4.98 Å². The first-order valence-electron chi connectivity index (χ1n) is 6.32. The molecule has 0 aromatic carbocycles. The lowest BCUT2D eigenvalue weighted by atomic mass is 10.1. The monoisotopic (exact) mass is 265 g/mol. The van der Waals surface area contributed by atoms with Crippen molar-refractivity contribution < 1.29 is 14.7 Å². The Morgan fingerprint density at radius 3 is 2.63 bits per heavy atom. The summed E-state index contributed by atoms with van der Waals surface area (Å²) in [4.78, 5) is 27.1. The number of aryl methyl sites for hydroxylation is 1. The minimum atomic E-state index is -0.894. The molecule has 1 heterocycles. The molecule has 1 aromatic heterocycles. The summed E-state index contributed by atoms with van der Waals surface area (Å²) in [6.07, 6.45) is 4.20. The van der Waals surface area contributed by atoms with Gasteiger partial charge in [0.1, 0.15) is 5.82 Å². The molecule has 0 saturated heterocycles. The van der Waals surface area contributed by atoms with Gasteiger partial charge in [-0.05, 0) is 5.41 Å². The van der Waals surface area contributed by atoms with Gasteiger partial charge in [0.25, 0.3) is 0 Å². The Hall–Kier alpha value is -1.85. The fraction of sp³-hybridized carbons (Fsp3) is 0.615. The minimum Gasteiger partial charge on any atom is -0.481 e. The molecular formula is C13H19N3O3. The van der Waals surface area contributed by atoms with Crippen molar-refractivity contribution in [2.45, 2.75) is 20.3 Å². The summed E-state index contributed by atoms with van der Waals surface area (Å²) in [5, 5.41) is 11.8. The molecule has 0 bridgehead atoms. The van der Waals surface area contributed by atoms with E-state index in [1.807, 2.05) is 31.7 Å². The number of carbonyl (C=O) groups is 2. The number of aliphatic carboxylic acids is 1. The van der Waals surface area contributed by atoms with Gasteiger partial charge >= 0.3 is 5.97 Å². The number of rotatable bonds is 5. The zero-order valence-corrected chi connectivity index (χ0v) is 11.4. The summed E-state index contributed by atoms with van der Waals surface area (Å²) >= 11 is 0. The molecule has 0 radical (unpaired) electrons. The van der Waals surface area contributed by atoms with Crippen molar-refractivity contribution in [1.29, 1.82) is 0 Å². The lowest BCUT2D eigenvalue weighted by Crippen LogP contribution is -2.29. The van der Waals surface area contributed by atoms with Crippen molar-refractivity contribution >= 4 is 11.9 Å². The van der Waals surface area contributed by atoms with Crippen LogP contribution in [0.3, 0.4) is 0 Å². The van der Waals surface area contributed by atoms with E-state index in [1.54, 1.807) is 6.20 Å². The molecule has 104 valence electrons. The largest absolute Gasteiger partial charge is 0.481 e. The Bertz CT molecular complexity index is 507. The third-order valence-corrected chi connectivity index (χ3v) is 3.94. The molecule has 0 aliphatic heterocycles. The molecule has 1 amide bonds. The number of carboxylic acids is 1. The average molecular weight is 265 g/mol. The van der Waals surface area contributed by atoms with E-state index in [4.69, 9.17) is 5.11 Å². The number of nitrogens with zero attached hydrogens (tertiary/aromatic N) is 2. The molecule has 2 rings (SSSR count). The molecule has 1 aromatic rings. The maximum Gasteiger partial charge on any atom is 0.307 e. The highest BCUT2D eigenvalue weighted by Gasteiger charge is 2.65. The van der Waals surface area contributed by atoms with Crippen LogP contribution in [0.1, 0.15) is 19.7 Å². The van der Waals surface area contributed by atoms with E-state index in [9.17, 15) is 9.59 Å². The van der Waals surface area contributed by atoms with Crippen LogP contribution in [-0.4, -0.2) is 33.1 Å². The van der Waals surface area contributed by atoms with E-state index in [0.29, 0.717) is 13.0 Å². The van der Waals surface area contributed by atoms with Gasteiger partial charge in [-0.15, -0.1) is 0 Å². The van der Waals surface area contributed by atoms with Gasteiger partial charge in [0.2, 0.25) is 5.91 Å². The predicted octanol–water partition coefficient (Wildman–Crippen LogP) is 0.436. The van der Waals surface area contributed by atoms with Gasteiger partial charge in [0.15, 0.2) is 0 Å². The number of imidazole rings is 1. The van der Waals surface area contributed by atoms with Crippen LogP contribution in [0.15, 0.2) is 12.4 Å². The molecule has 1 fully saturated rings. The molecule has 6 nitrogen and oxygen atoms in total. The average Bonchev–Trinajstić information content (AvgIpc) is 2.66. The molecule has 2 unspecified atom stereocenters. The highest BCUT2D eigenvalue weighted by atomic mass is 16.4. The number of carbonyl (C=O) groups excluding carboxylic acids is 1. The second kappa shape index (κ2) is 4.68. The number of nitrogens with one attached hydrogen (secondary N) is 1. The van der Waals surface area contributed by atoms with Gasteiger partial charge in [0.05, 0.1) is 11.8 Å². The molecule has 19 heavy (non-hydrogen) atoms. The number of hydrogen-bond donors (Lipinski definition) is 2. The molecule has 0 spiro atoms. The first-order valence-corrected chi connectivity index (χ1v) is 6.32. The molecular weight excluding hydrogens is 246 g/mol. The van der Waals surface area contributed by atoms with E-state index in [0.717, 1.165) is 5.82 Å². The molecule has 1 aliphatic carbocycles. The van der Waals surface area contributed by atoms with Gasteiger partial charge in [-0.1, -0.05) is 13.8 Å². The van der Waals surface area contributed by atoms with Crippen molar-refractivity contribution in [2.24, 2.45) is 24.3 Å². The molecule has 1 aliphatic rings. The Labute approximate surface area is 111 Å². The fourth-order valence-electron chi connectivity index (χ4n) is 2.63. The predicted molar refractivity (Wildman–Crippen MR) is 68.3 cm³/mol. The Morgan fingerprint density at radius 1 is 1.47 bits per heavy atom. The standard InChI is InChI=1S/C13H19N3O3/c1-13(2)9(10(13)12(18)19)11(17)15-5-4-8-14-6-7-16(8)3/h6-7,9-10H,4-5H2,1-3H3,(H,15,17)(H,18,19). The molecule has 2 atom stereocenters. The lowest BCUT2D eigenvalue weighted by Gasteiger charge is -2.06. The molecule has 1 saturated carbocycles. The zero-order valence-electron chi connectivity index (χ0n) is 11.4. The van der Waals surface area contributed by atoms with Crippen molar-refractivity contribution in [2.75, 3.05) is 6.54 Å². The van der Waals surface area contributed by atoms with E-state index >= 15 is 0 Å². The smallest absolute Gasteiger partial charge is 0.307 e. The fourth-order valence-corrected chi connectivity index (χ4v) is 2.63. The summed E-state index contributed by atoms with van der Waals surface area (Å²) < 4.78 is 1.90. The summed E-state index contributed by atoms with van der Waals surface area (Å²) in [7, 11) is 1.90. The first kappa shape index (κ1) is 13.6. The van der Waals surface area contributed by atoms with Gasteiger partial charge in [-0.2, -0.15) is 0 Å².